The average molecular weight is 506 g/mol. The van der Waals surface area contributed by atoms with Crippen LogP contribution in [0, 0.1) is 0 Å². The summed E-state index contributed by atoms with van der Waals surface area (Å²) in [5, 5.41) is 10.8. The molecule has 0 saturated carbocycles. The number of benzene rings is 1. The summed E-state index contributed by atoms with van der Waals surface area (Å²) in [6, 6.07) is 5.99. The first kappa shape index (κ1) is 25.6. The van der Waals surface area contributed by atoms with Crippen LogP contribution in [0.1, 0.15) is 48.7 Å². The third-order valence-corrected chi connectivity index (χ3v) is 6.28. The number of hydrogen-bond acceptors (Lipinski definition) is 6. The molecule has 2 aromatic rings. The van der Waals surface area contributed by atoms with Crippen LogP contribution < -0.4 is 16.0 Å². The van der Waals surface area contributed by atoms with Gasteiger partial charge in [0.05, 0.1) is 12.1 Å². The lowest BCUT2D eigenvalue weighted by Gasteiger charge is -2.21. The van der Waals surface area contributed by atoms with Crippen molar-refractivity contribution >= 4 is 51.7 Å². The topological polar surface area (TPSA) is 120 Å². The van der Waals surface area contributed by atoms with Crippen LogP contribution in [0.15, 0.2) is 29.6 Å². The summed E-state index contributed by atoms with van der Waals surface area (Å²) in [5.74, 6) is -1.10. The number of hydrogen-bond donors (Lipinski definition) is 3. The summed E-state index contributed by atoms with van der Waals surface area (Å²) in [6.45, 7) is 2.85. The molecule has 11 heteroatoms. The fourth-order valence-corrected chi connectivity index (χ4v) is 4.41. The Morgan fingerprint density at radius 3 is 2.71 bits per heavy atom. The Hall–Kier alpha value is -2.98. The molecule has 182 valence electrons. The number of amides is 4. The van der Waals surface area contributed by atoms with Gasteiger partial charge in [-0.15, -0.1) is 11.3 Å². The number of aromatic nitrogens is 1. The van der Waals surface area contributed by atoms with Gasteiger partial charge in [-0.05, 0) is 49.9 Å². The van der Waals surface area contributed by atoms with E-state index in [1.807, 2.05) is 6.92 Å². The van der Waals surface area contributed by atoms with Gasteiger partial charge in [0.1, 0.15) is 12.6 Å². The summed E-state index contributed by atoms with van der Waals surface area (Å²) in [5.41, 5.74) is 0.949. The number of halogens is 1. The molecule has 0 aliphatic carbocycles. The molecule has 0 bridgehead atoms. The number of carbonyl (C=O) groups excluding carboxylic acids is 4. The lowest BCUT2D eigenvalue weighted by molar-refractivity contribution is -0.128. The van der Waals surface area contributed by atoms with Gasteiger partial charge in [-0.25, -0.2) is 4.98 Å². The summed E-state index contributed by atoms with van der Waals surface area (Å²) in [4.78, 5) is 55.5. The number of rotatable bonds is 9. The van der Waals surface area contributed by atoms with Crippen LogP contribution >= 0.6 is 22.9 Å². The van der Waals surface area contributed by atoms with Crippen LogP contribution in [0.2, 0.25) is 5.02 Å². The van der Waals surface area contributed by atoms with Crippen LogP contribution in [-0.4, -0.2) is 59.2 Å². The third kappa shape index (κ3) is 7.53. The maximum Gasteiger partial charge on any atom is 0.254 e. The molecular weight excluding hydrogens is 478 g/mol. The Morgan fingerprint density at radius 2 is 1.97 bits per heavy atom. The Balaban J connectivity index is 1.53. The van der Waals surface area contributed by atoms with Crippen molar-refractivity contribution in [2.24, 2.45) is 0 Å². The van der Waals surface area contributed by atoms with E-state index >= 15 is 0 Å². The molecule has 0 spiro atoms. The van der Waals surface area contributed by atoms with Crippen molar-refractivity contribution in [2.45, 2.75) is 45.1 Å². The van der Waals surface area contributed by atoms with Crippen LogP contribution in [0.25, 0.3) is 0 Å². The molecule has 1 saturated heterocycles. The van der Waals surface area contributed by atoms with Crippen molar-refractivity contribution in [2.75, 3.05) is 25.0 Å². The van der Waals surface area contributed by atoms with Crippen LogP contribution in [0.5, 0.6) is 0 Å². The van der Waals surface area contributed by atoms with Crippen molar-refractivity contribution < 1.29 is 19.2 Å². The first-order valence-corrected chi connectivity index (χ1v) is 12.5. The average Bonchev–Trinajstić information content (AvgIpc) is 3.13. The molecular formula is C23H28ClN5O4S. The predicted octanol–water partition coefficient (Wildman–Crippen LogP) is 2.61. The highest BCUT2D eigenvalue weighted by molar-refractivity contribution is 7.13. The fourth-order valence-electron chi connectivity index (χ4n) is 3.56. The molecule has 4 amide bonds. The van der Waals surface area contributed by atoms with Gasteiger partial charge in [0.15, 0.2) is 5.13 Å². The fraction of sp³-hybridized carbons (Fsp3) is 0.435. The number of nitrogens with zero attached hydrogens (tertiary/aromatic N) is 2. The van der Waals surface area contributed by atoms with E-state index in [0.717, 1.165) is 12.8 Å². The highest BCUT2D eigenvalue weighted by Gasteiger charge is 2.23. The first-order valence-electron chi connectivity index (χ1n) is 11.2. The largest absolute Gasteiger partial charge is 0.354 e. The molecule has 34 heavy (non-hydrogen) atoms. The predicted molar refractivity (Wildman–Crippen MR) is 131 cm³/mol. The number of thiazole rings is 1. The number of nitrogens with one attached hydrogen (secondary N) is 3. The highest BCUT2D eigenvalue weighted by Crippen LogP contribution is 2.17. The standard InChI is InChI=1S/C23H28ClN5O4S/c1-2-11-29(22(33)15-6-8-16(24)9-7-15)13-20(31)28-23-26-17(14-34-23)12-19(30)27-18-5-3-4-10-25-21(18)32/h6-9,14,18H,2-5,10-13H2,1H3,(H,25,32)(H,27,30)(H,26,28,31). The maximum atomic E-state index is 12.8. The SMILES string of the molecule is CCCN(CC(=O)Nc1nc(CC(=O)NC2CCCCNC2=O)cs1)C(=O)c1ccc(Cl)cc1. The molecule has 1 aromatic heterocycles. The summed E-state index contributed by atoms with van der Waals surface area (Å²) in [7, 11) is 0. The molecule has 1 unspecified atom stereocenters. The van der Waals surface area contributed by atoms with E-state index in [9.17, 15) is 19.2 Å². The van der Waals surface area contributed by atoms with E-state index in [1.165, 1.54) is 16.2 Å². The van der Waals surface area contributed by atoms with E-state index in [1.54, 1.807) is 29.6 Å². The van der Waals surface area contributed by atoms with Gasteiger partial charge in [-0.1, -0.05) is 18.5 Å². The zero-order chi connectivity index (χ0) is 24.5. The summed E-state index contributed by atoms with van der Waals surface area (Å²) >= 11 is 7.09. The zero-order valence-electron chi connectivity index (χ0n) is 18.9. The van der Waals surface area contributed by atoms with E-state index < -0.39 is 6.04 Å². The summed E-state index contributed by atoms with van der Waals surface area (Å²) in [6.07, 6.45) is 3.08. The Kier molecular flexibility index (Phi) is 9.41. The molecule has 0 radical (unpaired) electrons. The molecule has 1 aliphatic rings. The maximum absolute atomic E-state index is 12.8. The van der Waals surface area contributed by atoms with Gasteiger partial charge in [0.25, 0.3) is 5.91 Å². The van der Waals surface area contributed by atoms with E-state index in [2.05, 4.69) is 20.9 Å². The van der Waals surface area contributed by atoms with Gasteiger partial charge in [0, 0.05) is 29.1 Å². The second-order valence-electron chi connectivity index (χ2n) is 8.01. The Bertz CT molecular complexity index is 1030. The summed E-state index contributed by atoms with van der Waals surface area (Å²) < 4.78 is 0. The van der Waals surface area contributed by atoms with Gasteiger partial charge < -0.3 is 20.9 Å². The lowest BCUT2D eigenvalue weighted by Crippen LogP contribution is -2.46. The molecule has 1 aliphatic heterocycles. The second kappa shape index (κ2) is 12.5. The Morgan fingerprint density at radius 1 is 1.21 bits per heavy atom. The molecule has 9 nitrogen and oxygen atoms in total. The van der Waals surface area contributed by atoms with E-state index in [-0.39, 0.29) is 36.6 Å². The second-order valence-corrected chi connectivity index (χ2v) is 9.30. The minimum absolute atomic E-state index is 0.00711. The first-order chi connectivity index (χ1) is 16.4. The number of carbonyl (C=O) groups is 4. The van der Waals surface area contributed by atoms with Crippen molar-refractivity contribution in [3.8, 4) is 0 Å². The van der Waals surface area contributed by atoms with Crippen molar-refractivity contribution in [1.29, 1.82) is 0 Å². The molecule has 1 aromatic carbocycles. The monoisotopic (exact) mass is 505 g/mol. The van der Waals surface area contributed by atoms with Gasteiger partial charge in [0.2, 0.25) is 17.7 Å². The van der Waals surface area contributed by atoms with E-state index in [4.69, 9.17) is 11.6 Å². The molecule has 3 N–H and O–H groups in total. The van der Waals surface area contributed by atoms with Crippen molar-refractivity contribution in [3.63, 3.8) is 0 Å². The number of anilines is 1. The minimum Gasteiger partial charge on any atom is -0.354 e. The van der Waals surface area contributed by atoms with Gasteiger partial charge in [-0.3, -0.25) is 19.2 Å². The quantitative estimate of drug-likeness (QED) is 0.484. The van der Waals surface area contributed by atoms with Crippen LogP contribution in [0.4, 0.5) is 5.13 Å². The van der Waals surface area contributed by atoms with Crippen LogP contribution in [-0.2, 0) is 20.8 Å². The van der Waals surface area contributed by atoms with Crippen molar-refractivity contribution in [1.82, 2.24) is 20.5 Å². The smallest absolute Gasteiger partial charge is 0.254 e. The van der Waals surface area contributed by atoms with E-state index in [0.29, 0.717) is 47.3 Å². The molecule has 2 heterocycles. The normalized spacial score (nSPS) is 15.7. The minimum atomic E-state index is -0.532. The van der Waals surface area contributed by atoms with Crippen molar-refractivity contribution in [3.05, 3.63) is 45.9 Å². The van der Waals surface area contributed by atoms with Gasteiger partial charge >= 0.3 is 0 Å². The molecule has 1 atom stereocenters. The highest BCUT2D eigenvalue weighted by atomic mass is 35.5. The van der Waals surface area contributed by atoms with Crippen LogP contribution in [0.3, 0.4) is 0 Å². The lowest BCUT2D eigenvalue weighted by atomic mass is 10.1. The Labute approximate surface area is 207 Å². The molecule has 1 fully saturated rings. The zero-order valence-corrected chi connectivity index (χ0v) is 20.5. The molecule has 3 rings (SSSR count). The van der Waals surface area contributed by atoms with Gasteiger partial charge in [-0.2, -0.15) is 0 Å². The third-order valence-electron chi connectivity index (χ3n) is 5.22.